The molecule has 0 aliphatic heterocycles. The largest absolute Gasteiger partial charge is 0.508 e. The summed E-state index contributed by atoms with van der Waals surface area (Å²) in [6, 6.07) is 18.6. The quantitative estimate of drug-likeness (QED) is 0.507. The number of aryl methyl sites for hydroxylation is 1. The third-order valence-corrected chi connectivity index (χ3v) is 4.78. The Balaban J connectivity index is 2.01. The van der Waals surface area contributed by atoms with Crippen LogP contribution in [0.2, 0.25) is 0 Å². The van der Waals surface area contributed by atoms with Crippen molar-refractivity contribution in [3.63, 3.8) is 0 Å². The monoisotopic (exact) mass is 286 g/mol. The van der Waals surface area contributed by atoms with Crippen molar-refractivity contribution >= 4 is 0 Å². The molecule has 108 valence electrons. The summed E-state index contributed by atoms with van der Waals surface area (Å²) in [5, 5.41) is 9.56. The number of hydrogen-bond donors (Lipinski definition) is 1. The molecular weight excluding hydrogens is 268 g/mol. The number of benzene rings is 3. The molecule has 4 rings (SSSR count). The van der Waals surface area contributed by atoms with E-state index in [9.17, 15) is 5.11 Å². The summed E-state index contributed by atoms with van der Waals surface area (Å²) in [4.78, 5) is 0. The number of rotatable bonds is 1. The van der Waals surface area contributed by atoms with E-state index in [2.05, 4.69) is 44.2 Å². The minimum Gasteiger partial charge on any atom is -0.508 e. The lowest BCUT2D eigenvalue weighted by atomic mass is 9.89. The maximum absolute atomic E-state index is 9.56. The van der Waals surface area contributed by atoms with Crippen molar-refractivity contribution < 1.29 is 5.11 Å². The van der Waals surface area contributed by atoms with Crippen LogP contribution < -0.4 is 0 Å². The van der Waals surface area contributed by atoms with E-state index in [1.165, 1.54) is 44.5 Å². The zero-order chi connectivity index (χ0) is 15.3. The SMILES string of the molecule is Cc1cc2c(c(-c3ccc(O)cc3)c1C)Cc1ccccc1-2. The molecule has 0 unspecified atom stereocenters. The molecule has 1 aliphatic carbocycles. The maximum atomic E-state index is 9.56. The van der Waals surface area contributed by atoms with E-state index in [0.717, 1.165) is 6.42 Å². The molecule has 0 heterocycles. The Kier molecular flexibility index (Phi) is 2.83. The van der Waals surface area contributed by atoms with Crippen molar-refractivity contribution in [2.24, 2.45) is 0 Å². The summed E-state index contributed by atoms with van der Waals surface area (Å²) < 4.78 is 0. The van der Waals surface area contributed by atoms with Gasteiger partial charge in [0.1, 0.15) is 5.75 Å². The first-order chi connectivity index (χ1) is 10.6. The summed E-state index contributed by atoms with van der Waals surface area (Å²) in [7, 11) is 0. The third-order valence-electron chi connectivity index (χ3n) is 4.78. The second-order valence-electron chi connectivity index (χ2n) is 6.10. The van der Waals surface area contributed by atoms with Gasteiger partial charge in [0.15, 0.2) is 0 Å². The standard InChI is InChI=1S/C21H18O/c1-13-11-19-18-6-4-3-5-16(18)12-20(19)21(14(13)2)15-7-9-17(22)10-8-15/h3-11,22H,12H2,1-2H3. The van der Waals surface area contributed by atoms with Gasteiger partial charge < -0.3 is 5.11 Å². The van der Waals surface area contributed by atoms with Gasteiger partial charge in [0.25, 0.3) is 0 Å². The number of hydrogen-bond acceptors (Lipinski definition) is 1. The Labute approximate surface area is 130 Å². The molecule has 1 heteroatoms. The highest BCUT2D eigenvalue weighted by atomic mass is 16.3. The molecule has 0 amide bonds. The number of fused-ring (bicyclic) bond motifs is 3. The van der Waals surface area contributed by atoms with Gasteiger partial charge in [-0.2, -0.15) is 0 Å². The molecule has 0 fully saturated rings. The zero-order valence-corrected chi connectivity index (χ0v) is 12.9. The van der Waals surface area contributed by atoms with Crippen molar-refractivity contribution in [1.29, 1.82) is 0 Å². The molecule has 0 bridgehead atoms. The summed E-state index contributed by atoms with van der Waals surface area (Å²) in [6.45, 7) is 4.38. The van der Waals surface area contributed by atoms with Gasteiger partial charge in [0.05, 0.1) is 0 Å². The number of aromatic hydroxyl groups is 1. The second kappa shape index (κ2) is 4.74. The first kappa shape index (κ1) is 13.1. The van der Waals surface area contributed by atoms with E-state index in [0.29, 0.717) is 5.75 Å². The smallest absolute Gasteiger partial charge is 0.115 e. The van der Waals surface area contributed by atoms with Crippen molar-refractivity contribution in [3.05, 3.63) is 76.9 Å². The molecule has 3 aromatic carbocycles. The molecular formula is C21H18O. The lowest BCUT2D eigenvalue weighted by Crippen LogP contribution is -1.95. The van der Waals surface area contributed by atoms with E-state index in [4.69, 9.17) is 0 Å². The molecule has 0 spiro atoms. The average molecular weight is 286 g/mol. The summed E-state index contributed by atoms with van der Waals surface area (Å²) in [5.74, 6) is 0.314. The highest BCUT2D eigenvalue weighted by Crippen LogP contribution is 2.44. The molecule has 0 aromatic heterocycles. The summed E-state index contributed by atoms with van der Waals surface area (Å²) >= 11 is 0. The molecule has 22 heavy (non-hydrogen) atoms. The average Bonchev–Trinajstić information content (AvgIpc) is 2.88. The summed E-state index contributed by atoms with van der Waals surface area (Å²) in [5.41, 5.74) is 10.7. The summed E-state index contributed by atoms with van der Waals surface area (Å²) in [6.07, 6.45) is 0.989. The molecule has 1 nitrogen and oxygen atoms in total. The highest BCUT2D eigenvalue weighted by molar-refractivity contribution is 5.87. The number of phenolic OH excluding ortho intramolecular Hbond substituents is 1. The van der Waals surface area contributed by atoms with Gasteiger partial charge in [-0.3, -0.25) is 0 Å². The molecule has 0 saturated heterocycles. The molecule has 1 aliphatic rings. The highest BCUT2D eigenvalue weighted by Gasteiger charge is 2.23. The van der Waals surface area contributed by atoms with Gasteiger partial charge >= 0.3 is 0 Å². The van der Waals surface area contributed by atoms with Gasteiger partial charge in [-0.05, 0) is 76.9 Å². The van der Waals surface area contributed by atoms with Crippen LogP contribution in [0.1, 0.15) is 22.3 Å². The van der Waals surface area contributed by atoms with Crippen molar-refractivity contribution in [3.8, 4) is 28.0 Å². The fraction of sp³-hybridized carbons (Fsp3) is 0.143. The van der Waals surface area contributed by atoms with Gasteiger partial charge in [0, 0.05) is 0 Å². The number of phenols is 1. The van der Waals surface area contributed by atoms with Crippen LogP contribution in [0.3, 0.4) is 0 Å². The molecule has 0 atom stereocenters. The van der Waals surface area contributed by atoms with Crippen molar-refractivity contribution in [2.75, 3.05) is 0 Å². The van der Waals surface area contributed by atoms with E-state index < -0.39 is 0 Å². The fourth-order valence-corrected chi connectivity index (χ4v) is 3.54. The Morgan fingerprint density at radius 1 is 0.864 bits per heavy atom. The predicted molar refractivity (Wildman–Crippen MR) is 91.3 cm³/mol. The maximum Gasteiger partial charge on any atom is 0.115 e. The van der Waals surface area contributed by atoms with Crippen molar-refractivity contribution in [1.82, 2.24) is 0 Å². The van der Waals surface area contributed by atoms with Gasteiger partial charge in [-0.1, -0.05) is 42.5 Å². The van der Waals surface area contributed by atoms with Gasteiger partial charge in [-0.25, -0.2) is 0 Å². The van der Waals surface area contributed by atoms with E-state index in [1.807, 2.05) is 12.1 Å². The van der Waals surface area contributed by atoms with Crippen LogP contribution in [0.15, 0.2) is 54.6 Å². The second-order valence-corrected chi connectivity index (χ2v) is 6.10. The van der Waals surface area contributed by atoms with Gasteiger partial charge in [0.2, 0.25) is 0 Å². The van der Waals surface area contributed by atoms with E-state index in [1.54, 1.807) is 12.1 Å². The van der Waals surface area contributed by atoms with Crippen LogP contribution in [-0.2, 0) is 6.42 Å². The van der Waals surface area contributed by atoms with E-state index >= 15 is 0 Å². The zero-order valence-electron chi connectivity index (χ0n) is 12.9. The van der Waals surface area contributed by atoms with Crippen LogP contribution in [0.4, 0.5) is 0 Å². The Morgan fingerprint density at radius 2 is 1.59 bits per heavy atom. The minimum absolute atomic E-state index is 0.314. The van der Waals surface area contributed by atoms with Crippen LogP contribution in [0.25, 0.3) is 22.3 Å². The first-order valence-electron chi connectivity index (χ1n) is 7.66. The Hall–Kier alpha value is -2.54. The van der Waals surface area contributed by atoms with Crippen LogP contribution in [0, 0.1) is 13.8 Å². The predicted octanol–water partition coefficient (Wildman–Crippen LogP) is 5.25. The minimum atomic E-state index is 0.314. The van der Waals surface area contributed by atoms with Crippen LogP contribution in [-0.4, -0.2) is 5.11 Å². The fourth-order valence-electron chi connectivity index (χ4n) is 3.54. The molecule has 3 aromatic rings. The molecule has 0 radical (unpaired) electrons. The first-order valence-corrected chi connectivity index (χ1v) is 7.66. The van der Waals surface area contributed by atoms with Crippen molar-refractivity contribution in [2.45, 2.75) is 20.3 Å². The topological polar surface area (TPSA) is 20.2 Å². The Morgan fingerprint density at radius 3 is 2.36 bits per heavy atom. The van der Waals surface area contributed by atoms with E-state index in [-0.39, 0.29) is 0 Å². The lowest BCUT2D eigenvalue weighted by Gasteiger charge is -2.15. The third kappa shape index (κ3) is 1.86. The molecule has 0 saturated carbocycles. The van der Waals surface area contributed by atoms with Crippen LogP contribution in [0.5, 0.6) is 5.75 Å². The normalized spacial score (nSPS) is 12.1. The van der Waals surface area contributed by atoms with Crippen LogP contribution >= 0.6 is 0 Å². The van der Waals surface area contributed by atoms with Gasteiger partial charge in [-0.15, -0.1) is 0 Å². The lowest BCUT2D eigenvalue weighted by molar-refractivity contribution is 0.475. The molecule has 1 N–H and O–H groups in total. The Bertz CT molecular complexity index is 873.